The summed E-state index contributed by atoms with van der Waals surface area (Å²) in [4.78, 5) is 8.61. The van der Waals surface area contributed by atoms with Crippen molar-refractivity contribution in [1.82, 2.24) is 19.7 Å². The number of nitrogens with two attached hydrogens (primary N) is 1. The van der Waals surface area contributed by atoms with Crippen LogP contribution in [-0.2, 0) is 0 Å². The number of nitrogen functional groups attached to an aromatic ring is 1. The number of hydrogen-bond donors (Lipinski definition) is 2. The molecule has 8 nitrogen and oxygen atoms in total. The van der Waals surface area contributed by atoms with Crippen LogP contribution in [0.3, 0.4) is 0 Å². The van der Waals surface area contributed by atoms with E-state index in [9.17, 15) is 0 Å². The maximum absolute atomic E-state index is 5.68. The Hall–Kier alpha value is -3.94. The van der Waals surface area contributed by atoms with E-state index >= 15 is 0 Å². The predicted octanol–water partition coefficient (Wildman–Crippen LogP) is 2.85. The molecule has 2 heterocycles. The van der Waals surface area contributed by atoms with Gasteiger partial charge in [0.15, 0.2) is 11.5 Å². The predicted molar refractivity (Wildman–Crippen MR) is 105 cm³/mol. The maximum atomic E-state index is 5.68. The van der Waals surface area contributed by atoms with Crippen LogP contribution in [0.2, 0.25) is 0 Å². The Balaban J connectivity index is 1.63. The molecule has 27 heavy (non-hydrogen) atoms. The van der Waals surface area contributed by atoms with E-state index in [4.69, 9.17) is 10.5 Å². The minimum atomic E-state index is 0.570. The van der Waals surface area contributed by atoms with Crippen molar-refractivity contribution >= 4 is 28.8 Å². The van der Waals surface area contributed by atoms with Crippen LogP contribution in [0, 0.1) is 0 Å². The number of rotatable bonds is 5. The molecule has 0 saturated heterocycles. The number of aromatic nitrogens is 4. The van der Waals surface area contributed by atoms with Crippen LogP contribution in [0.25, 0.3) is 16.7 Å². The quantitative estimate of drug-likeness (QED) is 0.323. The summed E-state index contributed by atoms with van der Waals surface area (Å²) < 4.78 is 7.01. The molecule has 2 aromatic heterocycles. The number of methoxy groups -OCH3 is 1. The van der Waals surface area contributed by atoms with Gasteiger partial charge in [-0.2, -0.15) is 10.2 Å². The fraction of sp³-hybridized carbons (Fsp3) is 0.0526. The van der Waals surface area contributed by atoms with Gasteiger partial charge in [0.2, 0.25) is 0 Å². The molecule has 0 aliphatic heterocycles. The summed E-state index contributed by atoms with van der Waals surface area (Å²) in [5.74, 6) is 1.32. The van der Waals surface area contributed by atoms with Gasteiger partial charge in [0, 0.05) is 11.8 Å². The molecule has 134 valence electrons. The molecule has 4 rings (SSSR count). The molecule has 0 radical (unpaired) electrons. The minimum absolute atomic E-state index is 0.570. The molecule has 2 aromatic carbocycles. The zero-order valence-corrected chi connectivity index (χ0v) is 14.6. The van der Waals surface area contributed by atoms with Crippen LogP contribution in [0.1, 0.15) is 5.56 Å². The van der Waals surface area contributed by atoms with Crippen molar-refractivity contribution in [3.8, 4) is 11.4 Å². The highest BCUT2D eigenvalue weighted by molar-refractivity contribution is 5.88. The molecule has 0 unspecified atom stereocenters. The van der Waals surface area contributed by atoms with Gasteiger partial charge in [-0.3, -0.25) is 5.43 Å². The third-order valence-corrected chi connectivity index (χ3v) is 3.98. The van der Waals surface area contributed by atoms with Gasteiger partial charge in [-0.05, 0) is 29.8 Å². The Morgan fingerprint density at radius 3 is 2.81 bits per heavy atom. The maximum Gasteiger partial charge on any atom is 0.168 e. The normalized spacial score (nSPS) is 11.1. The summed E-state index contributed by atoms with van der Waals surface area (Å²) in [5, 5.41) is 9.43. The third-order valence-electron chi connectivity index (χ3n) is 3.98. The van der Waals surface area contributed by atoms with Gasteiger partial charge in [-0.15, -0.1) is 0 Å². The molecule has 4 aromatic rings. The van der Waals surface area contributed by atoms with Crippen molar-refractivity contribution in [3.05, 3.63) is 66.6 Å². The SMILES string of the molecule is COc1cccc(-n2ncc3c(N/N=C/c4ccc(N)cc4)ncnc32)c1. The average molecular weight is 359 g/mol. The van der Waals surface area contributed by atoms with Crippen LogP contribution in [0.15, 0.2) is 66.2 Å². The van der Waals surface area contributed by atoms with E-state index in [-0.39, 0.29) is 0 Å². The molecule has 0 aliphatic rings. The zero-order chi connectivity index (χ0) is 18.6. The lowest BCUT2D eigenvalue weighted by molar-refractivity contribution is 0.414. The molecule has 0 saturated carbocycles. The highest BCUT2D eigenvalue weighted by Crippen LogP contribution is 2.23. The molecule has 0 spiro atoms. The molecule has 0 amide bonds. The van der Waals surface area contributed by atoms with Gasteiger partial charge in [-0.25, -0.2) is 14.6 Å². The monoisotopic (exact) mass is 359 g/mol. The van der Waals surface area contributed by atoms with Crippen molar-refractivity contribution in [1.29, 1.82) is 0 Å². The Morgan fingerprint density at radius 2 is 2.00 bits per heavy atom. The highest BCUT2D eigenvalue weighted by Gasteiger charge is 2.11. The van der Waals surface area contributed by atoms with Crippen molar-refractivity contribution in [2.45, 2.75) is 0 Å². The number of nitrogens with zero attached hydrogens (tertiary/aromatic N) is 5. The Kier molecular flexibility index (Phi) is 4.36. The fourth-order valence-electron chi connectivity index (χ4n) is 2.61. The minimum Gasteiger partial charge on any atom is -0.497 e. The van der Waals surface area contributed by atoms with Crippen LogP contribution in [0.4, 0.5) is 11.5 Å². The summed E-state index contributed by atoms with van der Waals surface area (Å²) in [5.41, 5.74) is 11.8. The lowest BCUT2D eigenvalue weighted by Crippen LogP contribution is -2.00. The van der Waals surface area contributed by atoms with Gasteiger partial charge >= 0.3 is 0 Å². The van der Waals surface area contributed by atoms with Gasteiger partial charge in [0.1, 0.15) is 12.1 Å². The number of ether oxygens (including phenoxy) is 1. The van der Waals surface area contributed by atoms with E-state index in [1.165, 1.54) is 6.33 Å². The Bertz CT molecular complexity index is 1100. The number of anilines is 2. The molecule has 0 aliphatic carbocycles. The Labute approximate surface area is 155 Å². The van der Waals surface area contributed by atoms with Crippen molar-refractivity contribution in [2.24, 2.45) is 5.10 Å². The smallest absolute Gasteiger partial charge is 0.168 e. The molecule has 0 bridgehead atoms. The summed E-state index contributed by atoms with van der Waals surface area (Å²) in [6, 6.07) is 15.0. The van der Waals surface area contributed by atoms with Gasteiger partial charge < -0.3 is 10.5 Å². The van der Waals surface area contributed by atoms with Crippen molar-refractivity contribution < 1.29 is 4.74 Å². The standard InChI is InChI=1S/C19H17N7O/c1-27-16-4-2-3-15(9-16)26-19-17(11-24-26)18(21-12-22-19)25-23-10-13-5-7-14(20)8-6-13/h2-12H,20H2,1H3,(H,21,22,25)/b23-10+. The lowest BCUT2D eigenvalue weighted by atomic mass is 10.2. The second-order valence-electron chi connectivity index (χ2n) is 5.75. The van der Waals surface area contributed by atoms with E-state index in [0.29, 0.717) is 17.2 Å². The molecule has 0 atom stereocenters. The zero-order valence-electron chi connectivity index (χ0n) is 14.6. The number of hydrazone groups is 1. The van der Waals surface area contributed by atoms with E-state index in [1.807, 2.05) is 48.5 Å². The molecular formula is C19H17N7O. The van der Waals surface area contributed by atoms with Crippen molar-refractivity contribution in [3.63, 3.8) is 0 Å². The van der Waals surface area contributed by atoms with Crippen molar-refractivity contribution in [2.75, 3.05) is 18.3 Å². The summed E-state index contributed by atoms with van der Waals surface area (Å²) in [6.45, 7) is 0. The molecule has 0 fully saturated rings. The topological polar surface area (TPSA) is 103 Å². The van der Waals surface area contributed by atoms with Gasteiger partial charge in [0.25, 0.3) is 0 Å². The number of fused-ring (bicyclic) bond motifs is 1. The second kappa shape index (κ2) is 7.12. The first-order chi connectivity index (χ1) is 13.2. The lowest BCUT2D eigenvalue weighted by Gasteiger charge is -2.06. The number of benzene rings is 2. The average Bonchev–Trinajstić information content (AvgIpc) is 3.14. The highest BCUT2D eigenvalue weighted by atomic mass is 16.5. The van der Waals surface area contributed by atoms with Crippen LogP contribution < -0.4 is 15.9 Å². The van der Waals surface area contributed by atoms with E-state index in [1.54, 1.807) is 24.2 Å². The van der Waals surface area contributed by atoms with Crippen LogP contribution in [-0.4, -0.2) is 33.1 Å². The Morgan fingerprint density at radius 1 is 1.15 bits per heavy atom. The third kappa shape index (κ3) is 3.40. The first kappa shape index (κ1) is 16.5. The van der Waals surface area contributed by atoms with E-state index < -0.39 is 0 Å². The fourth-order valence-corrected chi connectivity index (χ4v) is 2.61. The molecular weight excluding hydrogens is 342 g/mol. The molecule has 8 heteroatoms. The first-order valence-electron chi connectivity index (χ1n) is 8.22. The summed E-state index contributed by atoms with van der Waals surface area (Å²) in [7, 11) is 1.63. The summed E-state index contributed by atoms with van der Waals surface area (Å²) >= 11 is 0. The first-order valence-corrected chi connectivity index (χ1v) is 8.22. The largest absolute Gasteiger partial charge is 0.497 e. The molecule has 3 N–H and O–H groups in total. The van der Waals surface area contributed by atoms with Gasteiger partial charge in [0.05, 0.1) is 30.6 Å². The number of hydrogen-bond acceptors (Lipinski definition) is 7. The van der Waals surface area contributed by atoms with Crippen LogP contribution in [0.5, 0.6) is 5.75 Å². The van der Waals surface area contributed by atoms with Gasteiger partial charge in [-0.1, -0.05) is 18.2 Å². The number of nitrogens with one attached hydrogen (secondary N) is 1. The second-order valence-corrected chi connectivity index (χ2v) is 5.75. The van der Waals surface area contributed by atoms with Crippen LogP contribution >= 0.6 is 0 Å². The van der Waals surface area contributed by atoms with E-state index in [0.717, 1.165) is 22.4 Å². The van der Waals surface area contributed by atoms with E-state index in [2.05, 4.69) is 25.6 Å². The summed E-state index contributed by atoms with van der Waals surface area (Å²) in [6.07, 6.45) is 4.87.